The zero-order chi connectivity index (χ0) is 17.2. The van der Waals surface area contributed by atoms with Crippen LogP contribution in [0.1, 0.15) is 29.1 Å². The number of hydrogen-bond donors (Lipinski definition) is 0. The summed E-state index contributed by atoms with van der Waals surface area (Å²) in [6.07, 6.45) is 3.89. The SMILES string of the molecule is Cc1cc(CN2CCCN(c3ncnc4c3CN(C)CC4)CC2)no1. The molecule has 4 heterocycles. The third-order valence-corrected chi connectivity index (χ3v) is 5.12. The van der Waals surface area contributed by atoms with Crippen molar-refractivity contribution in [1.82, 2.24) is 24.9 Å². The highest BCUT2D eigenvalue weighted by Gasteiger charge is 2.24. The first-order chi connectivity index (χ1) is 12.2. The van der Waals surface area contributed by atoms with E-state index in [9.17, 15) is 0 Å². The van der Waals surface area contributed by atoms with Crippen molar-refractivity contribution in [3.8, 4) is 0 Å². The molecule has 0 radical (unpaired) electrons. The summed E-state index contributed by atoms with van der Waals surface area (Å²) < 4.78 is 5.19. The van der Waals surface area contributed by atoms with Crippen molar-refractivity contribution in [3.63, 3.8) is 0 Å². The van der Waals surface area contributed by atoms with Crippen molar-refractivity contribution >= 4 is 5.82 Å². The van der Waals surface area contributed by atoms with Gasteiger partial charge in [-0.25, -0.2) is 9.97 Å². The quantitative estimate of drug-likeness (QED) is 0.837. The maximum atomic E-state index is 5.19. The first-order valence-electron chi connectivity index (χ1n) is 9.10. The van der Waals surface area contributed by atoms with Crippen LogP contribution in [-0.4, -0.2) is 64.7 Å². The molecule has 1 saturated heterocycles. The van der Waals surface area contributed by atoms with Crippen molar-refractivity contribution < 1.29 is 4.52 Å². The molecule has 0 saturated carbocycles. The Kier molecular flexibility index (Phi) is 4.67. The van der Waals surface area contributed by atoms with Crippen LogP contribution in [0.4, 0.5) is 5.82 Å². The van der Waals surface area contributed by atoms with Gasteiger partial charge < -0.3 is 14.3 Å². The van der Waals surface area contributed by atoms with Crippen molar-refractivity contribution in [2.24, 2.45) is 0 Å². The molecular formula is C18H26N6O. The first kappa shape index (κ1) is 16.5. The van der Waals surface area contributed by atoms with Crippen LogP contribution < -0.4 is 4.90 Å². The van der Waals surface area contributed by atoms with E-state index in [0.717, 1.165) is 75.9 Å². The molecule has 0 atom stereocenters. The second-order valence-electron chi connectivity index (χ2n) is 7.16. The fourth-order valence-electron chi connectivity index (χ4n) is 3.80. The number of fused-ring (bicyclic) bond motifs is 1. The number of rotatable bonds is 3. The minimum Gasteiger partial charge on any atom is -0.361 e. The third-order valence-electron chi connectivity index (χ3n) is 5.12. The Hall–Kier alpha value is -1.99. The first-order valence-corrected chi connectivity index (χ1v) is 9.10. The Balaban J connectivity index is 1.46. The summed E-state index contributed by atoms with van der Waals surface area (Å²) in [5.74, 6) is 2.01. The number of likely N-dealkylation sites (N-methyl/N-ethyl adjacent to an activating group) is 1. The van der Waals surface area contributed by atoms with Crippen LogP contribution >= 0.6 is 0 Å². The van der Waals surface area contributed by atoms with Gasteiger partial charge in [0.25, 0.3) is 0 Å². The second kappa shape index (κ2) is 7.09. The summed E-state index contributed by atoms with van der Waals surface area (Å²) in [7, 11) is 2.17. The molecular weight excluding hydrogens is 316 g/mol. The van der Waals surface area contributed by atoms with Crippen LogP contribution in [0, 0.1) is 6.92 Å². The average Bonchev–Trinajstić information content (AvgIpc) is 2.88. The largest absolute Gasteiger partial charge is 0.361 e. The smallest absolute Gasteiger partial charge is 0.136 e. The van der Waals surface area contributed by atoms with Crippen molar-refractivity contribution in [3.05, 3.63) is 35.1 Å². The van der Waals surface area contributed by atoms with Gasteiger partial charge in [0, 0.05) is 63.9 Å². The Bertz CT molecular complexity index is 730. The van der Waals surface area contributed by atoms with E-state index in [-0.39, 0.29) is 0 Å². The number of aryl methyl sites for hydroxylation is 1. The monoisotopic (exact) mass is 342 g/mol. The molecule has 4 rings (SSSR count). The predicted molar refractivity (Wildman–Crippen MR) is 95.4 cm³/mol. The van der Waals surface area contributed by atoms with Gasteiger partial charge in [0.15, 0.2) is 0 Å². The van der Waals surface area contributed by atoms with E-state index >= 15 is 0 Å². The Labute approximate surface area is 148 Å². The molecule has 7 nitrogen and oxygen atoms in total. The predicted octanol–water partition coefficient (Wildman–Crippen LogP) is 1.47. The molecule has 1 fully saturated rings. The summed E-state index contributed by atoms with van der Waals surface area (Å²) in [4.78, 5) is 16.4. The van der Waals surface area contributed by atoms with Gasteiger partial charge in [-0.05, 0) is 20.4 Å². The number of anilines is 1. The van der Waals surface area contributed by atoms with Gasteiger partial charge in [-0.2, -0.15) is 0 Å². The molecule has 2 aromatic heterocycles. The minimum atomic E-state index is 0.857. The molecule has 0 amide bonds. The molecule has 2 aliphatic rings. The maximum absolute atomic E-state index is 5.19. The maximum Gasteiger partial charge on any atom is 0.136 e. The normalized spacial score (nSPS) is 19.7. The molecule has 25 heavy (non-hydrogen) atoms. The zero-order valence-electron chi connectivity index (χ0n) is 15.1. The van der Waals surface area contributed by atoms with Crippen LogP contribution in [0.3, 0.4) is 0 Å². The van der Waals surface area contributed by atoms with Crippen LogP contribution in [0.15, 0.2) is 16.9 Å². The Morgan fingerprint density at radius 1 is 1.12 bits per heavy atom. The Morgan fingerprint density at radius 2 is 2.04 bits per heavy atom. The average molecular weight is 342 g/mol. The third kappa shape index (κ3) is 3.67. The molecule has 2 aliphatic heterocycles. The molecule has 0 spiro atoms. The minimum absolute atomic E-state index is 0.857. The molecule has 0 N–H and O–H groups in total. The Morgan fingerprint density at radius 3 is 2.88 bits per heavy atom. The van der Waals surface area contributed by atoms with E-state index < -0.39 is 0 Å². The molecule has 0 bridgehead atoms. The molecule has 134 valence electrons. The van der Waals surface area contributed by atoms with E-state index in [1.165, 1.54) is 11.3 Å². The second-order valence-corrected chi connectivity index (χ2v) is 7.16. The van der Waals surface area contributed by atoms with E-state index in [0.29, 0.717) is 0 Å². The van der Waals surface area contributed by atoms with E-state index in [4.69, 9.17) is 4.52 Å². The lowest BCUT2D eigenvalue weighted by Crippen LogP contribution is -2.34. The molecule has 0 aliphatic carbocycles. The summed E-state index contributed by atoms with van der Waals surface area (Å²) >= 11 is 0. The zero-order valence-corrected chi connectivity index (χ0v) is 15.1. The fourth-order valence-corrected chi connectivity index (χ4v) is 3.80. The van der Waals surface area contributed by atoms with E-state index in [1.807, 2.05) is 13.0 Å². The van der Waals surface area contributed by atoms with Crippen molar-refractivity contribution in [1.29, 1.82) is 0 Å². The van der Waals surface area contributed by atoms with Gasteiger partial charge in [0.1, 0.15) is 17.9 Å². The van der Waals surface area contributed by atoms with E-state index in [2.05, 4.69) is 36.9 Å². The summed E-state index contributed by atoms with van der Waals surface area (Å²) in [5.41, 5.74) is 3.56. The number of nitrogens with zero attached hydrogens (tertiary/aromatic N) is 6. The van der Waals surface area contributed by atoms with Crippen LogP contribution in [0.25, 0.3) is 0 Å². The van der Waals surface area contributed by atoms with Crippen molar-refractivity contribution in [2.75, 3.05) is 44.7 Å². The standard InChI is InChI=1S/C18H26N6O/c1-14-10-15(21-25-14)11-23-5-3-6-24(9-8-23)18-16-12-22(2)7-4-17(16)19-13-20-18/h10,13H,3-9,11-12H2,1-2H3. The highest BCUT2D eigenvalue weighted by atomic mass is 16.5. The van der Waals surface area contributed by atoms with E-state index in [1.54, 1.807) is 6.33 Å². The molecule has 7 heteroatoms. The van der Waals surface area contributed by atoms with Gasteiger partial charge in [0.2, 0.25) is 0 Å². The summed E-state index contributed by atoms with van der Waals surface area (Å²) in [5, 5.41) is 4.13. The topological polar surface area (TPSA) is 61.5 Å². The highest BCUT2D eigenvalue weighted by Crippen LogP contribution is 2.26. The van der Waals surface area contributed by atoms with Gasteiger partial charge >= 0.3 is 0 Å². The lowest BCUT2D eigenvalue weighted by molar-refractivity contribution is 0.273. The van der Waals surface area contributed by atoms with Gasteiger partial charge in [-0.15, -0.1) is 0 Å². The highest BCUT2D eigenvalue weighted by molar-refractivity contribution is 5.49. The summed E-state index contributed by atoms with van der Waals surface area (Å²) in [6.45, 7) is 8.95. The van der Waals surface area contributed by atoms with Crippen molar-refractivity contribution in [2.45, 2.75) is 32.9 Å². The molecule has 2 aromatic rings. The lowest BCUT2D eigenvalue weighted by Gasteiger charge is -2.30. The number of aromatic nitrogens is 3. The van der Waals surface area contributed by atoms with Crippen LogP contribution in [0.2, 0.25) is 0 Å². The van der Waals surface area contributed by atoms with Crippen LogP contribution in [-0.2, 0) is 19.5 Å². The molecule has 0 unspecified atom stereocenters. The fraction of sp³-hybridized carbons (Fsp3) is 0.611. The van der Waals surface area contributed by atoms with Gasteiger partial charge in [-0.3, -0.25) is 4.90 Å². The summed E-state index contributed by atoms with van der Waals surface area (Å²) in [6, 6.07) is 2.03. The van der Waals surface area contributed by atoms with Crippen LogP contribution in [0.5, 0.6) is 0 Å². The number of hydrogen-bond acceptors (Lipinski definition) is 7. The molecule has 0 aromatic carbocycles. The van der Waals surface area contributed by atoms with Gasteiger partial charge in [0.05, 0.1) is 11.4 Å². The van der Waals surface area contributed by atoms with Gasteiger partial charge in [-0.1, -0.05) is 5.16 Å². The lowest BCUT2D eigenvalue weighted by atomic mass is 10.1.